The molecule has 0 spiro atoms. The average molecular weight is 1180 g/mol. The molecule has 7 rings (SSSR count). The zero-order valence-electron chi connectivity index (χ0n) is 38.5. The van der Waals surface area contributed by atoms with Crippen LogP contribution in [0, 0.1) is 13.8 Å². The van der Waals surface area contributed by atoms with Crippen LogP contribution in [-0.2, 0) is 103 Å². The minimum atomic E-state index is -4.72. The first-order valence-corrected chi connectivity index (χ1v) is 31.8. The van der Waals surface area contributed by atoms with Gasteiger partial charge in [0.05, 0.1) is 63.8 Å². The van der Waals surface area contributed by atoms with Crippen molar-refractivity contribution in [1.82, 2.24) is 38.6 Å². The van der Waals surface area contributed by atoms with Crippen LogP contribution in [-0.4, -0.2) is 119 Å². The maximum atomic E-state index is 14.1. The number of ether oxygens (including phenoxy) is 3. The Morgan fingerprint density at radius 2 is 1.19 bits per heavy atom. The SMILES string of the molecule is Cc1cn([C@H]2CC(OP(=O)([S-])OC[C@H]3O[C@@H](n4cc(C)c(=O)[nH]c4=O)CC3OP([O-])(=S)OCCO)[C@@H](COP([O-])(=S)OC3C[C@H](n4cnc5c(=O)[nH]c(N)nc54)O[C@@H]3COP([O-])(=S)OC(C)C)O2)c(=O)[nH]c1=O. The number of hydrogen-bond donors (Lipinski definition) is 5. The molecule has 38 heteroatoms. The number of anilines is 1. The number of nitrogens with one attached hydrogen (secondary N) is 3. The van der Waals surface area contributed by atoms with Crippen LogP contribution >= 0.6 is 27.0 Å². The molecule has 0 amide bonds. The highest BCUT2D eigenvalue weighted by Crippen LogP contribution is 2.53. The van der Waals surface area contributed by atoms with Crippen LogP contribution in [0.3, 0.4) is 0 Å². The monoisotopic (exact) mass is 1180 g/mol. The van der Waals surface area contributed by atoms with Gasteiger partial charge in [0, 0.05) is 42.8 Å². The maximum Gasteiger partial charge on any atom is 0.330 e. The van der Waals surface area contributed by atoms with E-state index in [4.69, 9.17) is 104 Å². The van der Waals surface area contributed by atoms with E-state index in [0.717, 1.165) is 9.13 Å². The van der Waals surface area contributed by atoms with Gasteiger partial charge >= 0.3 is 11.4 Å². The molecule has 4 aromatic rings. The highest BCUT2D eigenvalue weighted by molar-refractivity contribution is 8.32. The first-order chi connectivity index (χ1) is 34.1. The van der Waals surface area contributed by atoms with Crippen LogP contribution in [0.2, 0.25) is 0 Å². The van der Waals surface area contributed by atoms with Gasteiger partial charge in [-0.05, 0) is 27.7 Å². The molecule has 3 saturated heterocycles. The molecule has 7 heterocycles. The molecule has 0 radical (unpaired) electrons. The largest absolute Gasteiger partial charge is 0.780 e. The van der Waals surface area contributed by atoms with Crippen LogP contribution < -0.4 is 48.5 Å². The second-order valence-electron chi connectivity index (χ2n) is 16.6. The molecule has 4 aromatic heterocycles. The van der Waals surface area contributed by atoms with Crippen molar-refractivity contribution in [2.45, 2.75) is 108 Å². The predicted molar refractivity (Wildman–Crippen MR) is 260 cm³/mol. The van der Waals surface area contributed by atoms with Crippen molar-refractivity contribution in [2.75, 3.05) is 38.8 Å². The van der Waals surface area contributed by atoms with Gasteiger partial charge in [-0.25, -0.2) is 14.6 Å². The number of aromatic nitrogens is 8. The lowest BCUT2D eigenvalue weighted by molar-refractivity contribution is -0.218. The van der Waals surface area contributed by atoms with E-state index in [1.54, 1.807) is 13.8 Å². The third-order valence-electron chi connectivity index (χ3n) is 10.9. The summed E-state index contributed by atoms with van der Waals surface area (Å²) >= 11 is 20.6. The number of imidazole rings is 1. The van der Waals surface area contributed by atoms with E-state index in [2.05, 4.69) is 24.9 Å². The van der Waals surface area contributed by atoms with Crippen molar-refractivity contribution in [3.63, 3.8) is 0 Å². The van der Waals surface area contributed by atoms with Gasteiger partial charge in [-0.1, -0.05) is 35.4 Å². The van der Waals surface area contributed by atoms with Crippen molar-refractivity contribution in [1.29, 1.82) is 0 Å². The Morgan fingerprint density at radius 1 is 0.740 bits per heavy atom. The van der Waals surface area contributed by atoms with Gasteiger partial charge in [0.25, 0.3) is 16.7 Å². The van der Waals surface area contributed by atoms with Crippen LogP contribution in [0.25, 0.3) is 11.2 Å². The van der Waals surface area contributed by atoms with E-state index in [9.17, 15) is 48.3 Å². The number of aryl methyl sites for hydroxylation is 2. The van der Waals surface area contributed by atoms with E-state index in [-0.39, 0.29) is 47.5 Å². The van der Waals surface area contributed by atoms with Crippen LogP contribution in [0.5, 0.6) is 0 Å². The number of nitrogen functional groups attached to an aromatic ring is 1. The Kier molecular flexibility index (Phi) is 18.8. The molecule has 3 aliphatic rings. The van der Waals surface area contributed by atoms with Crippen molar-refractivity contribution in [3.8, 4) is 0 Å². The predicted octanol–water partition coefficient (Wildman–Crippen LogP) is -1.67. The molecule has 73 heavy (non-hydrogen) atoms. The lowest BCUT2D eigenvalue weighted by atomic mass is 10.2. The number of nitrogens with zero attached hydrogens (tertiary/aromatic N) is 5. The molecular formula is C35H47N9O21P4S4-4. The quantitative estimate of drug-likeness (QED) is 0.0409. The topological polar surface area (TPSA) is 407 Å². The summed E-state index contributed by atoms with van der Waals surface area (Å²) in [5.74, 6) is -0.232. The summed E-state index contributed by atoms with van der Waals surface area (Å²) in [5, 5.41) is 9.19. The van der Waals surface area contributed by atoms with Crippen molar-refractivity contribution >= 4 is 91.7 Å². The zero-order chi connectivity index (χ0) is 53.4. The van der Waals surface area contributed by atoms with E-state index in [1.165, 1.54) is 37.1 Å². The average Bonchev–Trinajstić information content (AvgIpc) is 4.08. The normalized spacial score (nSPS) is 27.8. The lowest BCUT2D eigenvalue weighted by Gasteiger charge is -2.35. The summed E-state index contributed by atoms with van der Waals surface area (Å²) in [7, 11) is 0. The van der Waals surface area contributed by atoms with Crippen LogP contribution in [0.4, 0.5) is 5.95 Å². The van der Waals surface area contributed by atoms with Gasteiger partial charge in [-0.3, -0.25) is 47.6 Å². The highest BCUT2D eigenvalue weighted by Gasteiger charge is 2.44. The van der Waals surface area contributed by atoms with Crippen LogP contribution in [0.1, 0.15) is 62.9 Å². The fourth-order valence-corrected chi connectivity index (χ4v) is 13.7. The summed E-state index contributed by atoms with van der Waals surface area (Å²) in [6.07, 6.45) is -9.20. The summed E-state index contributed by atoms with van der Waals surface area (Å²) < 4.78 is 79.8. The summed E-state index contributed by atoms with van der Waals surface area (Å²) in [5.41, 5.74) is 2.16. The minimum Gasteiger partial charge on any atom is -0.780 e. The third kappa shape index (κ3) is 14.9. The van der Waals surface area contributed by atoms with Gasteiger partial charge < -0.3 is 88.2 Å². The van der Waals surface area contributed by atoms with Gasteiger partial charge in [0.1, 0.15) is 57.2 Å². The Labute approximate surface area is 432 Å². The number of aromatic amines is 3. The summed E-state index contributed by atoms with van der Waals surface area (Å²) in [4.78, 5) is 118. The molecular weight excluding hydrogens is 1130 g/mol. The number of rotatable bonds is 23. The smallest absolute Gasteiger partial charge is 0.330 e. The molecule has 0 aromatic carbocycles. The zero-order valence-corrected chi connectivity index (χ0v) is 45.4. The van der Waals surface area contributed by atoms with E-state index in [1.807, 2.05) is 0 Å². The Morgan fingerprint density at radius 3 is 1.68 bits per heavy atom. The van der Waals surface area contributed by atoms with Crippen molar-refractivity contribution < 1.29 is 74.8 Å². The molecule has 13 atom stereocenters. The minimum absolute atomic E-state index is 0.0113. The molecule has 0 bridgehead atoms. The van der Waals surface area contributed by atoms with E-state index < -0.39 is 149 Å². The number of nitrogens with two attached hydrogens (primary N) is 1. The molecule has 0 saturated carbocycles. The van der Waals surface area contributed by atoms with Gasteiger partial charge in [0.2, 0.25) is 5.95 Å². The molecule has 406 valence electrons. The number of hydrogen-bond acceptors (Lipinski definition) is 28. The maximum absolute atomic E-state index is 14.1. The third-order valence-corrected chi connectivity index (χ3v) is 17.3. The van der Waals surface area contributed by atoms with E-state index >= 15 is 0 Å². The Bertz CT molecular complexity index is 3170. The second kappa shape index (κ2) is 23.6. The Balaban J connectivity index is 1.09. The van der Waals surface area contributed by atoms with Crippen LogP contribution in [0.15, 0.2) is 42.7 Å². The number of aliphatic hydroxyl groups is 1. The van der Waals surface area contributed by atoms with E-state index in [0.29, 0.717) is 0 Å². The molecule has 6 N–H and O–H groups in total. The molecule has 30 nitrogen and oxygen atoms in total. The molecule has 7 unspecified atom stereocenters. The fourth-order valence-electron chi connectivity index (χ4n) is 7.67. The van der Waals surface area contributed by atoms with Crippen molar-refractivity contribution in [2.24, 2.45) is 0 Å². The van der Waals surface area contributed by atoms with Crippen molar-refractivity contribution in [3.05, 3.63) is 81.9 Å². The number of H-pyrrole nitrogens is 3. The first-order valence-electron chi connectivity index (χ1n) is 21.6. The second-order valence-corrected chi connectivity index (χ2v) is 27.5. The standard InChI is InChI=1S/C35H51N9O21P4S4/c1-16(2)62-67(52,71)56-12-24-21(9-27(61-24)44-15-37-28-29(44)38-33(36)39-32(28)48)65-69(54,73)58-14-23-20(8-26(60-23)43-11-18(4)31(47)41-35(43)50)64-68(53,72)57-13-22-19(63-66(51,70)55-6-5-45)7-25(59-22)42-10-17(3)30(46)40-34(42)49/h10-11,15-16,19-27,45H,5-9,12-14H2,1-4H3,(H,51,70)(H,52,71)(H,53,72)(H,54,73)(H,40,46,49)(H,41,47,50)(H3,36,38,39,48)/p-4/t19?,20?,21?,22-,23-,24-,25-,26-,27-,66?,67?,68?,69?/m1/s1. The molecule has 3 aliphatic heterocycles. The van der Waals surface area contributed by atoms with Gasteiger partial charge in [-0.2, -0.15) is 4.98 Å². The van der Waals surface area contributed by atoms with Gasteiger partial charge in [0.15, 0.2) is 18.0 Å². The first kappa shape index (κ1) is 58.1. The Hall–Kier alpha value is -2.56. The van der Waals surface area contributed by atoms with Gasteiger partial charge in [-0.15, -0.1) is 0 Å². The highest BCUT2D eigenvalue weighted by atomic mass is 32.7. The fraction of sp³-hybridized carbons (Fsp3) is 0.629. The number of aliphatic hydroxyl groups excluding tert-OH is 1. The number of fused-ring (bicyclic) bond motifs is 1. The summed E-state index contributed by atoms with van der Waals surface area (Å²) in [6.45, 7) is -14.9. The lowest BCUT2D eigenvalue weighted by Crippen LogP contribution is -2.34. The summed E-state index contributed by atoms with van der Waals surface area (Å²) in [6, 6.07) is 0. The molecule has 3 fully saturated rings. The molecule has 0 aliphatic carbocycles.